The van der Waals surface area contributed by atoms with E-state index in [1.807, 2.05) is 13.0 Å². The molecule has 92 valence electrons. The maximum absolute atomic E-state index is 10.8. The largest absolute Gasteiger partial charge is 0.478 e. The van der Waals surface area contributed by atoms with Crippen LogP contribution in [0.4, 0.5) is 5.95 Å². The molecule has 0 bridgehead atoms. The summed E-state index contributed by atoms with van der Waals surface area (Å²) >= 11 is 0. The zero-order chi connectivity index (χ0) is 13.0. The molecule has 5 nitrogen and oxygen atoms in total. The molecule has 0 aliphatic heterocycles. The van der Waals surface area contributed by atoms with Crippen LogP contribution in [0.3, 0.4) is 0 Å². The van der Waals surface area contributed by atoms with Gasteiger partial charge in [-0.05, 0) is 30.2 Å². The van der Waals surface area contributed by atoms with Crippen LogP contribution in [0.2, 0.25) is 0 Å². The number of hydrogen-bond donors (Lipinski definition) is 2. The van der Waals surface area contributed by atoms with E-state index in [1.54, 1.807) is 30.6 Å². The monoisotopic (exact) mass is 243 g/mol. The smallest absolute Gasteiger partial charge is 0.335 e. The van der Waals surface area contributed by atoms with Crippen molar-refractivity contribution in [3.63, 3.8) is 0 Å². The van der Waals surface area contributed by atoms with Gasteiger partial charge in [0.15, 0.2) is 0 Å². The van der Waals surface area contributed by atoms with Gasteiger partial charge in [-0.25, -0.2) is 14.8 Å². The van der Waals surface area contributed by atoms with Crippen LogP contribution in [0.1, 0.15) is 21.5 Å². The second-order valence-electron chi connectivity index (χ2n) is 3.94. The van der Waals surface area contributed by atoms with Crippen molar-refractivity contribution in [2.75, 3.05) is 5.32 Å². The van der Waals surface area contributed by atoms with Crippen LogP contribution in [0.25, 0.3) is 0 Å². The van der Waals surface area contributed by atoms with Gasteiger partial charge in [-0.15, -0.1) is 0 Å². The van der Waals surface area contributed by atoms with Gasteiger partial charge in [0, 0.05) is 18.9 Å². The third-order valence-corrected chi connectivity index (χ3v) is 2.41. The van der Waals surface area contributed by atoms with E-state index >= 15 is 0 Å². The maximum Gasteiger partial charge on any atom is 0.335 e. The van der Waals surface area contributed by atoms with Crippen molar-refractivity contribution in [2.45, 2.75) is 13.5 Å². The van der Waals surface area contributed by atoms with E-state index in [0.717, 1.165) is 11.1 Å². The average Bonchev–Trinajstić information content (AvgIpc) is 2.38. The molecular formula is C13H13N3O2. The molecule has 0 aliphatic rings. The Bertz CT molecular complexity index is 552. The molecule has 1 aromatic carbocycles. The summed E-state index contributed by atoms with van der Waals surface area (Å²) in [4.78, 5) is 19.0. The van der Waals surface area contributed by atoms with E-state index in [-0.39, 0.29) is 5.56 Å². The van der Waals surface area contributed by atoms with Crippen molar-refractivity contribution in [2.24, 2.45) is 0 Å². The lowest BCUT2D eigenvalue weighted by atomic mass is 10.1. The van der Waals surface area contributed by atoms with Crippen LogP contribution in [0.15, 0.2) is 36.7 Å². The Hall–Kier alpha value is -2.43. The Kier molecular flexibility index (Phi) is 3.52. The summed E-state index contributed by atoms with van der Waals surface area (Å²) in [6, 6.07) is 6.77. The van der Waals surface area contributed by atoms with E-state index in [1.165, 1.54) is 0 Å². The van der Waals surface area contributed by atoms with Gasteiger partial charge in [-0.1, -0.05) is 12.1 Å². The first kappa shape index (κ1) is 12.0. The van der Waals surface area contributed by atoms with Gasteiger partial charge in [0.2, 0.25) is 5.95 Å². The lowest BCUT2D eigenvalue weighted by Gasteiger charge is -2.05. The number of benzene rings is 1. The van der Waals surface area contributed by atoms with Crippen LogP contribution in [-0.2, 0) is 6.54 Å². The van der Waals surface area contributed by atoms with Gasteiger partial charge >= 0.3 is 5.97 Å². The predicted molar refractivity (Wildman–Crippen MR) is 67.5 cm³/mol. The molecule has 2 N–H and O–H groups in total. The standard InChI is InChI=1S/C13H13N3O2/c1-9-6-14-13(15-7-9)16-8-10-3-2-4-11(5-10)12(17)18/h2-7H,8H2,1H3,(H,17,18)(H,14,15,16). The minimum atomic E-state index is -0.927. The van der Waals surface area contributed by atoms with Crippen molar-refractivity contribution in [1.82, 2.24) is 9.97 Å². The van der Waals surface area contributed by atoms with Crippen molar-refractivity contribution in [1.29, 1.82) is 0 Å². The Morgan fingerprint density at radius 1 is 1.33 bits per heavy atom. The van der Waals surface area contributed by atoms with Gasteiger partial charge in [0.25, 0.3) is 0 Å². The van der Waals surface area contributed by atoms with Crippen molar-refractivity contribution in [3.8, 4) is 0 Å². The first-order valence-electron chi connectivity index (χ1n) is 5.50. The topological polar surface area (TPSA) is 75.1 Å². The highest BCUT2D eigenvalue weighted by Gasteiger charge is 2.03. The molecule has 0 amide bonds. The number of nitrogens with one attached hydrogen (secondary N) is 1. The van der Waals surface area contributed by atoms with Crippen molar-refractivity contribution in [3.05, 3.63) is 53.3 Å². The van der Waals surface area contributed by atoms with Crippen molar-refractivity contribution < 1.29 is 9.90 Å². The Morgan fingerprint density at radius 3 is 2.72 bits per heavy atom. The summed E-state index contributed by atoms with van der Waals surface area (Å²) in [6.45, 7) is 2.41. The van der Waals surface area contributed by atoms with E-state index in [4.69, 9.17) is 5.11 Å². The van der Waals surface area contributed by atoms with Gasteiger partial charge in [0.1, 0.15) is 0 Å². The number of aromatic carboxylic acids is 1. The second kappa shape index (κ2) is 5.27. The molecule has 0 saturated heterocycles. The number of rotatable bonds is 4. The number of aromatic nitrogens is 2. The highest BCUT2D eigenvalue weighted by Crippen LogP contribution is 2.07. The summed E-state index contributed by atoms with van der Waals surface area (Å²) in [5.41, 5.74) is 2.15. The zero-order valence-corrected chi connectivity index (χ0v) is 9.92. The van der Waals surface area contributed by atoms with E-state index in [0.29, 0.717) is 12.5 Å². The lowest BCUT2D eigenvalue weighted by molar-refractivity contribution is 0.0697. The molecular weight excluding hydrogens is 230 g/mol. The molecule has 0 unspecified atom stereocenters. The van der Waals surface area contributed by atoms with Gasteiger partial charge < -0.3 is 10.4 Å². The van der Waals surface area contributed by atoms with E-state index in [9.17, 15) is 4.79 Å². The molecule has 0 saturated carbocycles. The third-order valence-electron chi connectivity index (χ3n) is 2.41. The number of hydrogen-bond acceptors (Lipinski definition) is 4. The number of nitrogens with zero attached hydrogens (tertiary/aromatic N) is 2. The van der Waals surface area contributed by atoms with E-state index < -0.39 is 5.97 Å². The first-order chi connectivity index (χ1) is 8.65. The molecule has 1 heterocycles. The number of aryl methyl sites for hydroxylation is 1. The summed E-state index contributed by atoms with van der Waals surface area (Å²) in [5, 5.41) is 11.9. The minimum absolute atomic E-state index is 0.277. The lowest BCUT2D eigenvalue weighted by Crippen LogP contribution is -2.04. The number of carboxylic acid groups (broad SMARTS) is 1. The number of anilines is 1. The predicted octanol–water partition coefficient (Wildman–Crippen LogP) is 2.10. The van der Waals surface area contributed by atoms with E-state index in [2.05, 4.69) is 15.3 Å². The van der Waals surface area contributed by atoms with Crippen LogP contribution in [0.5, 0.6) is 0 Å². The van der Waals surface area contributed by atoms with Crippen LogP contribution in [0, 0.1) is 6.92 Å². The summed E-state index contributed by atoms with van der Waals surface area (Å²) in [6.07, 6.45) is 3.45. The molecule has 0 atom stereocenters. The molecule has 2 rings (SSSR count). The number of carboxylic acids is 1. The number of carbonyl (C=O) groups is 1. The highest BCUT2D eigenvalue weighted by atomic mass is 16.4. The van der Waals surface area contributed by atoms with Crippen LogP contribution < -0.4 is 5.32 Å². The van der Waals surface area contributed by atoms with Gasteiger partial charge in [0.05, 0.1) is 5.56 Å². The Balaban J connectivity index is 2.04. The SMILES string of the molecule is Cc1cnc(NCc2cccc(C(=O)O)c2)nc1. The molecule has 0 radical (unpaired) electrons. The molecule has 0 spiro atoms. The summed E-state index contributed by atoms with van der Waals surface area (Å²) in [7, 11) is 0. The zero-order valence-electron chi connectivity index (χ0n) is 9.92. The first-order valence-corrected chi connectivity index (χ1v) is 5.50. The summed E-state index contributed by atoms with van der Waals surface area (Å²) in [5.74, 6) is -0.398. The fourth-order valence-corrected chi connectivity index (χ4v) is 1.48. The molecule has 1 aromatic heterocycles. The molecule has 2 aromatic rings. The maximum atomic E-state index is 10.8. The molecule has 5 heteroatoms. The van der Waals surface area contributed by atoms with Crippen LogP contribution >= 0.6 is 0 Å². The Morgan fingerprint density at radius 2 is 2.06 bits per heavy atom. The van der Waals surface area contributed by atoms with Gasteiger partial charge in [-0.3, -0.25) is 0 Å². The van der Waals surface area contributed by atoms with Gasteiger partial charge in [-0.2, -0.15) is 0 Å². The fourth-order valence-electron chi connectivity index (χ4n) is 1.48. The summed E-state index contributed by atoms with van der Waals surface area (Å²) < 4.78 is 0. The normalized spacial score (nSPS) is 10.1. The van der Waals surface area contributed by atoms with Crippen LogP contribution in [-0.4, -0.2) is 21.0 Å². The molecule has 0 fully saturated rings. The second-order valence-corrected chi connectivity index (χ2v) is 3.94. The fraction of sp³-hybridized carbons (Fsp3) is 0.154. The average molecular weight is 243 g/mol. The highest BCUT2D eigenvalue weighted by molar-refractivity contribution is 5.87. The quantitative estimate of drug-likeness (QED) is 0.860. The molecule has 18 heavy (non-hydrogen) atoms. The van der Waals surface area contributed by atoms with Crippen molar-refractivity contribution >= 4 is 11.9 Å². The minimum Gasteiger partial charge on any atom is -0.478 e. The third kappa shape index (κ3) is 3.04. The Labute approximate surface area is 105 Å². The molecule has 0 aliphatic carbocycles.